The van der Waals surface area contributed by atoms with E-state index in [4.69, 9.17) is 9.26 Å². The highest BCUT2D eigenvalue weighted by Gasteiger charge is 2.37. The Labute approximate surface area is 154 Å². The van der Waals surface area contributed by atoms with Crippen LogP contribution in [-0.4, -0.2) is 48.9 Å². The Bertz CT molecular complexity index is 985. The average molecular weight is 368 g/mol. The second-order valence-corrected chi connectivity index (χ2v) is 7.15. The number of likely N-dealkylation sites (N-methyl/N-ethyl adjacent to an activating group) is 1. The molecule has 0 saturated heterocycles. The van der Waals surface area contributed by atoms with Gasteiger partial charge >= 0.3 is 0 Å². The number of aromatic nitrogens is 1. The number of fused-ring (bicyclic) bond motifs is 2. The minimum atomic E-state index is -0.293. The fraction of sp³-hybridized carbons (Fsp3) is 0.211. The normalized spacial score (nSPS) is 13.0. The summed E-state index contributed by atoms with van der Waals surface area (Å²) in [5.41, 5.74) is 1.72. The molecule has 0 aliphatic heterocycles. The lowest BCUT2D eigenvalue weighted by Gasteiger charge is -2.11. The number of ketones is 2. The van der Waals surface area contributed by atoms with E-state index in [9.17, 15) is 9.59 Å². The molecular weight excluding hydrogens is 352 g/mol. The third-order valence-electron chi connectivity index (χ3n) is 4.18. The van der Waals surface area contributed by atoms with Crippen molar-refractivity contribution in [2.24, 2.45) is 0 Å². The molecule has 4 rings (SSSR count). The van der Waals surface area contributed by atoms with Gasteiger partial charge in [-0.1, -0.05) is 5.16 Å². The van der Waals surface area contributed by atoms with Crippen LogP contribution in [0.3, 0.4) is 0 Å². The maximum Gasteiger partial charge on any atom is 0.233 e. The van der Waals surface area contributed by atoms with Crippen molar-refractivity contribution < 1.29 is 18.8 Å². The number of benzene rings is 1. The van der Waals surface area contributed by atoms with Crippen LogP contribution in [-0.2, 0) is 0 Å². The van der Waals surface area contributed by atoms with Gasteiger partial charge in [0.15, 0.2) is 0 Å². The van der Waals surface area contributed by atoms with Crippen LogP contribution < -0.4 is 4.74 Å². The maximum atomic E-state index is 12.8. The van der Waals surface area contributed by atoms with Crippen LogP contribution in [0.1, 0.15) is 31.4 Å². The smallest absolute Gasteiger partial charge is 0.233 e. The van der Waals surface area contributed by atoms with E-state index in [1.54, 1.807) is 11.4 Å². The monoisotopic (exact) mass is 368 g/mol. The van der Waals surface area contributed by atoms with Crippen molar-refractivity contribution in [2.45, 2.75) is 0 Å². The van der Waals surface area contributed by atoms with Gasteiger partial charge in [-0.2, -0.15) is 0 Å². The molecule has 1 aromatic carbocycles. The fourth-order valence-electron chi connectivity index (χ4n) is 2.81. The average Bonchev–Trinajstić information content (AvgIpc) is 3.28. The Morgan fingerprint density at radius 1 is 1.12 bits per heavy atom. The van der Waals surface area contributed by atoms with Crippen LogP contribution in [0.15, 0.2) is 40.2 Å². The third kappa shape index (κ3) is 2.75. The summed E-state index contributed by atoms with van der Waals surface area (Å²) in [7, 11) is 3.97. The first-order valence-electron chi connectivity index (χ1n) is 8.11. The van der Waals surface area contributed by atoms with E-state index in [0.717, 1.165) is 12.3 Å². The zero-order valence-electron chi connectivity index (χ0n) is 14.3. The first kappa shape index (κ1) is 16.7. The van der Waals surface area contributed by atoms with E-state index < -0.39 is 0 Å². The van der Waals surface area contributed by atoms with Gasteiger partial charge in [0.2, 0.25) is 17.3 Å². The summed E-state index contributed by atoms with van der Waals surface area (Å²) in [6.45, 7) is 1.40. The van der Waals surface area contributed by atoms with E-state index in [2.05, 4.69) is 5.16 Å². The molecule has 1 aliphatic rings. The molecule has 0 radical (unpaired) electrons. The minimum absolute atomic E-state index is 0.0159. The molecule has 132 valence electrons. The quantitative estimate of drug-likeness (QED) is 0.539. The molecule has 0 spiro atoms. The van der Waals surface area contributed by atoms with Gasteiger partial charge in [0.1, 0.15) is 23.6 Å². The summed E-state index contributed by atoms with van der Waals surface area (Å²) in [6, 6.07) is 8.90. The number of hydrogen-bond acceptors (Lipinski definition) is 7. The first-order chi connectivity index (χ1) is 12.6. The fourth-order valence-corrected chi connectivity index (χ4v) is 3.64. The Morgan fingerprint density at radius 3 is 2.62 bits per heavy atom. The molecule has 0 N–H and O–H groups in total. The molecule has 26 heavy (non-hydrogen) atoms. The predicted molar refractivity (Wildman–Crippen MR) is 97.2 cm³/mol. The third-order valence-corrected chi connectivity index (χ3v) is 5.09. The van der Waals surface area contributed by atoms with Crippen molar-refractivity contribution in [1.82, 2.24) is 10.1 Å². The molecule has 0 amide bonds. The van der Waals surface area contributed by atoms with Crippen molar-refractivity contribution in [3.05, 3.63) is 57.5 Å². The van der Waals surface area contributed by atoms with Gasteiger partial charge in [0, 0.05) is 17.7 Å². The van der Waals surface area contributed by atoms with Gasteiger partial charge in [0.05, 0.1) is 4.88 Å². The Kier molecular flexibility index (Phi) is 4.18. The highest BCUT2D eigenvalue weighted by Crippen LogP contribution is 2.36. The molecule has 2 heterocycles. The molecule has 0 saturated carbocycles. The lowest BCUT2D eigenvalue weighted by molar-refractivity contribution is 0.0958. The van der Waals surface area contributed by atoms with Crippen LogP contribution in [0.5, 0.6) is 5.75 Å². The van der Waals surface area contributed by atoms with Gasteiger partial charge in [0.25, 0.3) is 0 Å². The molecule has 1 aliphatic carbocycles. The second kappa shape index (κ2) is 6.51. The molecular formula is C19H16N2O4S. The molecule has 0 fully saturated rings. The largest absolute Gasteiger partial charge is 0.492 e. The standard InChI is InChI=1S/C19H16N2O4S/c1-21(2)8-9-24-12-5-3-11(4-6-12)15-14-17(23)19-13(7-10-26-19)16(22)18(14)25-20-15/h3-7,10H,8-9H2,1-2H3. The first-order valence-corrected chi connectivity index (χ1v) is 8.98. The number of carbonyl (C=O) groups is 2. The summed E-state index contributed by atoms with van der Waals surface area (Å²) >= 11 is 1.26. The van der Waals surface area contributed by atoms with Gasteiger partial charge in [-0.25, -0.2) is 0 Å². The second-order valence-electron chi connectivity index (χ2n) is 6.23. The van der Waals surface area contributed by atoms with Crippen LogP contribution in [0.4, 0.5) is 0 Å². The Morgan fingerprint density at radius 2 is 1.88 bits per heavy atom. The van der Waals surface area contributed by atoms with Gasteiger partial charge in [-0.3, -0.25) is 9.59 Å². The number of nitrogens with zero attached hydrogens (tertiary/aromatic N) is 2. The summed E-state index contributed by atoms with van der Waals surface area (Å²) in [4.78, 5) is 27.7. The van der Waals surface area contributed by atoms with Gasteiger partial charge < -0.3 is 14.2 Å². The maximum absolute atomic E-state index is 12.8. The van der Waals surface area contributed by atoms with Crippen LogP contribution in [0.2, 0.25) is 0 Å². The summed E-state index contributed by atoms with van der Waals surface area (Å²) in [6.07, 6.45) is 0. The van der Waals surface area contributed by atoms with Gasteiger partial charge in [-0.05, 0) is 49.8 Å². The zero-order chi connectivity index (χ0) is 18.3. The van der Waals surface area contributed by atoms with Crippen LogP contribution in [0.25, 0.3) is 11.3 Å². The van der Waals surface area contributed by atoms with E-state index in [1.165, 1.54) is 11.3 Å². The minimum Gasteiger partial charge on any atom is -0.492 e. The van der Waals surface area contributed by atoms with Gasteiger partial charge in [-0.15, -0.1) is 11.3 Å². The van der Waals surface area contributed by atoms with Crippen molar-refractivity contribution >= 4 is 22.9 Å². The molecule has 3 aromatic rings. The highest BCUT2D eigenvalue weighted by atomic mass is 32.1. The van der Waals surface area contributed by atoms with E-state index >= 15 is 0 Å². The van der Waals surface area contributed by atoms with E-state index in [0.29, 0.717) is 28.3 Å². The van der Waals surface area contributed by atoms with Crippen LogP contribution >= 0.6 is 11.3 Å². The summed E-state index contributed by atoms with van der Waals surface area (Å²) in [5, 5.41) is 5.72. The van der Waals surface area contributed by atoms with E-state index in [-0.39, 0.29) is 22.9 Å². The van der Waals surface area contributed by atoms with Crippen LogP contribution in [0, 0.1) is 0 Å². The predicted octanol–water partition coefficient (Wildman–Crippen LogP) is 3.12. The summed E-state index contributed by atoms with van der Waals surface area (Å²) < 4.78 is 10.9. The van der Waals surface area contributed by atoms with Crippen molar-refractivity contribution in [3.63, 3.8) is 0 Å². The number of thiophene rings is 1. The molecule has 0 atom stereocenters. The van der Waals surface area contributed by atoms with Crippen molar-refractivity contribution in [2.75, 3.05) is 27.2 Å². The highest BCUT2D eigenvalue weighted by molar-refractivity contribution is 7.12. The molecule has 0 unspecified atom stereocenters. The number of rotatable bonds is 5. The summed E-state index contributed by atoms with van der Waals surface area (Å²) in [5.74, 6) is 0.239. The topological polar surface area (TPSA) is 72.6 Å². The number of ether oxygens (including phenoxy) is 1. The SMILES string of the molecule is CN(C)CCOc1ccc(-c2noc3c2C(=O)c2sccc2C3=O)cc1. The lowest BCUT2D eigenvalue weighted by Crippen LogP contribution is -2.19. The van der Waals surface area contributed by atoms with Crippen molar-refractivity contribution in [1.29, 1.82) is 0 Å². The Balaban J connectivity index is 1.63. The number of carbonyl (C=O) groups excluding carboxylic acids is 2. The van der Waals surface area contributed by atoms with Crippen molar-refractivity contribution in [3.8, 4) is 17.0 Å². The Hall–Kier alpha value is -2.77. The molecule has 2 aromatic heterocycles. The molecule has 7 heteroatoms. The van der Waals surface area contributed by atoms with E-state index in [1.807, 2.05) is 43.3 Å². The lowest BCUT2D eigenvalue weighted by atomic mass is 9.92. The molecule has 0 bridgehead atoms. The molecule has 6 nitrogen and oxygen atoms in total. The zero-order valence-corrected chi connectivity index (χ0v) is 15.1. The number of hydrogen-bond donors (Lipinski definition) is 0.